The Balaban J connectivity index is 2.27. The van der Waals surface area contributed by atoms with E-state index in [2.05, 4.69) is 52.8 Å². The fourth-order valence-corrected chi connectivity index (χ4v) is 3.77. The Morgan fingerprint density at radius 2 is 2.00 bits per heavy atom. The Hall–Kier alpha value is -1.24. The van der Waals surface area contributed by atoms with Gasteiger partial charge in [-0.1, -0.05) is 51.5 Å². The highest BCUT2D eigenvalue weighted by atomic mass is 16.3. The lowest BCUT2D eigenvalue weighted by Crippen LogP contribution is -2.19. The molecule has 0 heterocycles. The Labute approximate surface area is 130 Å². The third kappa shape index (κ3) is 3.90. The van der Waals surface area contributed by atoms with Crippen molar-refractivity contribution in [3.8, 4) is 5.75 Å². The molecule has 0 saturated heterocycles. The molecule has 2 rings (SSSR count). The Morgan fingerprint density at radius 1 is 1.29 bits per heavy atom. The molecular weight excluding hydrogens is 256 g/mol. The second-order valence-corrected chi connectivity index (χ2v) is 7.77. The van der Waals surface area contributed by atoms with E-state index in [0.29, 0.717) is 17.6 Å². The van der Waals surface area contributed by atoms with Crippen molar-refractivity contribution in [2.75, 3.05) is 0 Å². The second-order valence-electron chi connectivity index (χ2n) is 7.77. The van der Waals surface area contributed by atoms with Crippen molar-refractivity contribution in [1.29, 1.82) is 0 Å². The molecule has 116 valence electrons. The molecule has 1 aliphatic rings. The second kappa shape index (κ2) is 6.25. The molecular formula is C20H30O. The van der Waals surface area contributed by atoms with Gasteiger partial charge in [-0.25, -0.2) is 0 Å². The molecule has 1 aromatic rings. The van der Waals surface area contributed by atoms with Gasteiger partial charge in [0.2, 0.25) is 0 Å². The number of hydrogen-bond donors (Lipinski definition) is 1. The van der Waals surface area contributed by atoms with Crippen LogP contribution in [0.5, 0.6) is 5.75 Å². The molecule has 1 unspecified atom stereocenters. The van der Waals surface area contributed by atoms with E-state index in [-0.39, 0.29) is 5.41 Å². The van der Waals surface area contributed by atoms with Gasteiger partial charge >= 0.3 is 0 Å². The zero-order valence-electron chi connectivity index (χ0n) is 14.2. The molecule has 0 amide bonds. The highest BCUT2D eigenvalue weighted by Gasteiger charge is 2.24. The number of rotatable bonds is 4. The number of phenols is 1. The van der Waals surface area contributed by atoms with Crippen molar-refractivity contribution in [3.05, 3.63) is 41.0 Å². The maximum atomic E-state index is 10.5. The van der Waals surface area contributed by atoms with Crippen molar-refractivity contribution in [2.24, 2.45) is 5.92 Å². The van der Waals surface area contributed by atoms with E-state index >= 15 is 0 Å². The van der Waals surface area contributed by atoms with Crippen molar-refractivity contribution in [3.63, 3.8) is 0 Å². The van der Waals surface area contributed by atoms with Crippen LogP contribution in [0.1, 0.15) is 77.3 Å². The predicted octanol–water partition coefficient (Wildman–Crippen LogP) is 5.93. The maximum Gasteiger partial charge on any atom is 0.119 e. The molecule has 0 bridgehead atoms. The highest BCUT2D eigenvalue weighted by Crippen LogP contribution is 2.39. The summed E-state index contributed by atoms with van der Waals surface area (Å²) >= 11 is 0. The Morgan fingerprint density at radius 3 is 2.57 bits per heavy atom. The summed E-state index contributed by atoms with van der Waals surface area (Å²) in [5.74, 6) is 1.52. The molecule has 0 aromatic heterocycles. The van der Waals surface area contributed by atoms with E-state index < -0.39 is 0 Å². The quantitative estimate of drug-likeness (QED) is 0.680. The zero-order chi connectivity index (χ0) is 15.6. The lowest BCUT2D eigenvalue weighted by Gasteiger charge is -2.28. The molecule has 1 heteroatoms. The molecule has 1 nitrogen and oxygen atoms in total. The van der Waals surface area contributed by atoms with Gasteiger partial charge in [0.25, 0.3) is 0 Å². The van der Waals surface area contributed by atoms with Crippen molar-refractivity contribution in [1.82, 2.24) is 0 Å². The zero-order valence-corrected chi connectivity index (χ0v) is 14.2. The normalized spacial score (nSPS) is 19.7. The van der Waals surface area contributed by atoms with E-state index in [0.717, 1.165) is 18.4 Å². The van der Waals surface area contributed by atoms with Crippen LogP contribution in [0, 0.1) is 5.92 Å². The molecule has 0 aliphatic heterocycles. The van der Waals surface area contributed by atoms with E-state index in [1.165, 1.54) is 24.0 Å². The van der Waals surface area contributed by atoms with Crippen LogP contribution in [-0.2, 0) is 5.41 Å². The summed E-state index contributed by atoms with van der Waals surface area (Å²) in [5.41, 5.74) is 3.91. The minimum atomic E-state index is 0.114. The minimum Gasteiger partial charge on any atom is -0.508 e. The first-order valence-corrected chi connectivity index (χ1v) is 8.30. The van der Waals surface area contributed by atoms with Crippen molar-refractivity contribution >= 4 is 0 Å². The molecule has 21 heavy (non-hydrogen) atoms. The van der Waals surface area contributed by atoms with Gasteiger partial charge in [0.15, 0.2) is 0 Å². The first-order valence-electron chi connectivity index (χ1n) is 8.30. The van der Waals surface area contributed by atoms with Gasteiger partial charge in [-0.15, -0.1) is 0 Å². The molecule has 1 N–H and O–H groups in total. The van der Waals surface area contributed by atoms with Crippen LogP contribution >= 0.6 is 0 Å². The number of hydrogen-bond acceptors (Lipinski definition) is 1. The van der Waals surface area contributed by atoms with Crippen LogP contribution in [0.3, 0.4) is 0 Å². The molecule has 1 aromatic carbocycles. The summed E-state index contributed by atoms with van der Waals surface area (Å²) in [6.07, 6.45) is 7.05. The lowest BCUT2D eigenvalue weighted by atomic mass is 9.76. The monoisotopic (exact) mass is 286 g/mol. The Kier molecular flexibility index (Phi) is 4.81. The molecule has 0 radical (unpaired) electrons. The van der Waals surface area contributed by atoms with Crippen LogP contribution in [0.2, 0.25) is 0 Å². The summed E-state index contributed by atoms with van der Waals surface area (Å²) < 4.78 is 0. The molecule has 1 atom stereocenters. The third-order valence-corrected chi connectivity index (χ3v) is 4.70. The summed E-state index contributed by atoms with van der Waals surface area (Å²) in [4.78, 5) is 0. The average Bonchev–Trinajstić information content (AvgIpc) is 2.37. The molecule has 0 fully saturated rings. The van der Waals surface area contributed by atoms with Gasteiger partial charge in [0.1, 0.15) is 5.75 Å². The van der Waals surface area contributed by atoms with Gasteiger partial charge < -0.3 is 5.11 Å². The fraction of sp³-hybridized carbons (Fsp3) is 0.600. The van der Waals surface area contributed by atoms with Crippen LogP contribution < -0.4 is 0 Å². The minimum absolute atomic E-state index is 0.114. The van der Waals surface area contributed by atoms with Crippen LogP contribution in [0.15, 0.2) is 29.8 Å². The smallest absolute Gasteiger partial charge is 0.119 e. The SMILES string of the molecule is CC1=CC(c2ccc(C(C)(C)CC(C)C)cc2O)CCC1. The van der Waals surface area contributed by atoms with Crippen LogP contribution in [0.25, 0.3) is 0 Å². The van der Waals surface area contributed by atoms with Crippen LogP contribution in [-0.4, -0.2) is 5.11 Å². The molecule has 0 saturated carbocycles. The van der Waals surface area contributed by atoms with E-state index in [9.17, 15) is 5.11 Å². The summed E-state index contributed by atoms with van der Waals surface area (Å²) in [7, 11) is 0. The summed E-state index contributed by atoms with van der Waals surface area (Å²) in [5, 5.41) is 10.5. The average molecular weight is 286 g/mol. The summed E-state index contributed by atoms with van der Waals surface area (Å²) in [6, 6.07) is 6.36. The predicted molar refractivity (Wildman–Crippen MR) is 90.9 cm³/mol. The standard InChI is InChI=1S/C20H30O/c1-14(2)13-20(4,5)17-9-10-18(19(21)12-17)16-8-6-7-15(3)11-16/h9-12,14,16,21H,6-8,13H2,1-5H3. The maximum absolute atomic E-state index is 10.5. The first-order chi connectivity index (χ1) is 9.79. The Bertz CT molecular complexity index is 523. The highest BCUT2D eigenvalue weighted by molar-refractivity contribution is 5.43. The molecule has 1 aliphatic carbocycles. The summed E-state index contributed by atoms with van der Waals surface area (Å²) in [6.45, 7) is 11.2. The van der Waals surface area contributed by atoms with Crippen LogP contribution in [0.4, 0.5) is 0 Å². The van der Waals surface area contributed by atoms with Gasteiger partial charge in [-0.05, 0) is 55.6 Å². The number of aromatic hydroxyl groups is 1. The molecule has 0 spiro atoms. The lowest BCUT2D eigenvalue weighted by molar-refractivity contribution is 0.395. The fourth-order valence-electron chi connectivity index (χ4n) is 3.77. The first kappa shape index (κ1) is 16.1. The number of phenolic OH excluding ortho intramolecular Hbond substituents is 1. The van der Waals surface area contributed by atoms with Gasteiger partial charge in [-0.3, -0.25) is 0 Å². The van der Waals surface area contributed by atoms with E-state index in [4.69, 9.17) is 0 Å². The number of allylic oxidation sites excluding steroid dienone is 2. The largest absolute Gasteiger partial charge is 0.508 e. The van der Waals surface area contributed by atoms with Crippen molar-refractivity contribution in [2.45, 2.75) is 71.6 Å². The van der Waals surface area contributed by atoms with Gasteiger partial charge in [-0.2, -0.15) is 0 Å². The van der Waals surface area contributed by atoms with E-state index in [1.807, 2.05) is 6.07 Å². The van der Waals surface area contributed by atoms with E-state index in [1.54, 1.807) is 0 Å². The van der Waals surface area contributed by atoms with Gasteiger partial charge in [0, 0.05) is 11.5 Å². The third-order valence-electron chi connectivity index (χ3n) is 4.70. The van der Waals surface area contributed by atoms with Crippen molar-refractivity contribution < 1.29 is 5.11 Å². The topological polar surface area (TPSA) is 20.2 Å². The number of benzene rings is 1. The van der Waals surface area contributed by atoms with Gasteiger partial charge in [0.05, 0.1) is 0 Å².